The second-order valence-corrected chi connectivity index (χ2v) is 7.18. The van der Waals surface area contributed by atoms with Crippen molar-refractivity contribution in [2.75, 3.05) is 7.11 Å². The van der Waals surface area contributed by atoms with E-state index >= 15 is 0 Å². The monoisotopic (exact) mass is 415 g/mol. The summed E-state index contributed by atoms with van der Waals surface area (Å²) >= 11 is 6.21. The van der Waals surface area contributed by atoms with Crippen molar-refractivity contribution in [1.29, 1.82) is 0 Å². The Bertz CT molecular complexity index is 1000. The number of nitrogens with one attached hydrogen (secondary N) is 1. The molecule has 8 nitrogen and oxygen atoms in total. The molecule has 2 amide bonds. The molecule has 1 aliphatic heterocycles. The van der Waals surface area contributed by atoms with Crippen molar-refractivity contribution < 1.29 is 19.2 Å². The van der Waals surface area contributed by atoms with Gasteiger partial charge in [0.05, 0.1) is 22.5 Å². The van der Waals surface area contributed by atoms with Crippen molar-refractivity contribution in [2.45, 2.75) is 0 Å². The van der Waals surface area contributed by atoms with Crippen LogP contribution in [-0.4, -0.2) is 33.2 Å². The van der Waals surface area contributed by atoms with Gasteiger partial charge in [-0.2, -0.15) is 5.01 Å². The van der Waals surface area contributed by atoms with Gasteiger partial charge in [0.25, 0.3) is 17.5 Å². The highest BCUT2D eigenvalue weighted by molar-refractivity contribution is 8.26. The first-order valence-electron chi connectivity index (χ1n) is 7.87. The number of rotatable bonds is 5. The van der Waals surface area contributed by atoms with E-state index in [1.54, 1.807) is 30.3 Å². The maximum atomic E-state index is 12.6. The minimum Gasteiger partial charge on any atom is -0.496 e. The maximum absolute atomic E-state index is 12.6. The topological polar surface area (TPSA) is 102 Å². The molecule has 0 bridgehead atoms. The lowest BCUT2D eigenvalue weighted by Gasteiger charge is -2.16. The third kappa shape index (κ3) is 4.02. The Morgan fingerprint density at radius 2 is 1.93 bits per heavy atom. The Morgan fingerprint density at radius 3 is 2.57 bits per heavy atom. The summed E-state index contributed by atoms with van der Waals surface area (Å²) in [5.41, 5.74) is 3.30. The van der Waals surface area contributed by atoms with Crippen molar-refractivity contribution >= 4 is 51.9 Å². The number of hydrogen-bond acceptors (Lipinski definition) is 7. The first-order chi connectivity index (χ1) is 13.4. The fourth-order valence-electron chi connectivity index (χ4n) is 2.40. The molecular formula is C18H13N3O5S2. The zero-order chi connectivity index (χ0) is 20.3. The number of ether oxygens (including phenoxy) is 1. The molecule has 0 saturated carbocycles. The SMILES string of the molecule is COc1ccccc1C(=O)NN1C(=O)C(=Cc2ccc([N+](=O)[O-])cc2)SC1=S. The molecule has 28 heavy (non-hydrogen) atoms. The van der Waals surface area contributed by atoms with Crippen LogP contribution in [0.4, 0.5) is 5.69 Å². The zero-order valence-electron chi connectivity index (χ0n) is 14.4. The third-order valence-corrected chi connectivity index (χ3v) is 5.06. The Labute approximate surface area is 169 Å². The van der Waals surface area contributed by atoms with E-state index in [2.05, 4.69) is 5.43 Å². The molecular weight excluding hydrogens is 402 g/mol. The van der Waals surface area contributed by atoms with Crippen LogP contribution in [0.15, 0.2) is 53.4 Å². The number of nitro groups is 1. The fraction of sp³-hybridized carbons (Fsp3) is 0.0556. The molecule has 0 aromatic heterocycles. The molecule has 10 heteroatoms. The van der Waals surface area contributed by atoms with E-state index in [1.165, 1.54) is 31.4 Å². The molecule has 142 valence electrons. The van der Waals surface area contributed by atoms with E-state index in [9.17, 15) is 19.7 Å². The molecule has 0 spiro atoms. The molecule has 1 heterocycles. The van der Waals surface area contributed by atoms with Crippen LogP contribution in [0.3, 0.4) is 0 Å². The number of hydrazine groups is 1. The Morgan fingerprint density at radius 1 is 1.25 bits per heavy atom. The van der Waals surface area contributed by atoms with Crippen molar-refractivity contribution in [3.8, 4) is 5.75 Å². The average Bonchev–Trinajstić information content (AvgIpc) is 2.95. The van der Waals surface area contributed by atoms with Crippen LogP contribution >= 0.6 is 24.0 Å². The van der Waals surface area contributed by atoms with Crippen molar-refractivity contribution in [3.05, 3.63) is 74.7 Å². The molecule has 1 fully saturated rings. The zero-order valence-corrected chi connectivity index (χ0v) is 16.1. The number of nitrogens with zero attached hydrogens (tertiary/aromatic N) is 2. The number of thiocarbonyl (C=S) groups is 1. The highest BCUT2D eigenvalue weighted by Gasteiger charge is 2.34. The van der Waals surface area contributed by atoms with Gasteiger partial charge in [-0.15, -0.1) is 0 Å². The number of methoxy groups -OCH3 is 1. The summed E-state index contributed by atoms with van der Waals surface area (Å²) in [6.45, 7) is 0. The molecule has 2 aromatic carbocycles. The number of amides is 2. The normalized spacial score (nSPS) is 15.0. The van der Waals surface area contributed by atoms with Crippen LogP contribution < -0.4 is 10.2 Å². The number of benzene rings is 2. The number of carbonyl (C=O) groups excluding carboxylic acids is 2. The summed E-state index contributed by atoms with van der Waals surface area (Å²) in [5, 5.41) is 11.7. The highest BCUT2D eigenvalue weighted by Crippen LogP contribution is 2.32. The number of non-ortho nitro benzene ring substituents is 1. The lowest BCUT2D eigenvalue weighted by molar-refractivity contribution is -0.384. The van der Waals surface area contributed by atoms with E-state index in [1.807, 2.05) is 0 Å². The number of hydrogen-bond donors (Lipinski definition) is 1. The van der Waals surface area contributed by atoms with E-state index in [0.717, 1.165) is 16.8 Å². The fourth-order valence-corrected chi connectivity index (χ4v) is 3.58. The van der Waals surface area contributed by atoms with Gasteiger partial charge in [-0.3, -0.25) is 25.1 Å². The first-order valence-corrected chi connectivity index (χ1v) is 9.09. The van der Waals surface area contributed by atoms with E-state index in [0.29, 0.717) is 16.2 Å². The second kappa shape index (κ2) is 8.19. The lowest BCUT2D eigenvalue weighted by atomic mass is 10.2. The minimum absolute atomic E-state index is 0.0474. The summed E-state index contributed by atoms with van der Waals surface area (Å²) in [7, 11) is 1.44. The summed E-state index contributed by atoms with van der Waals surface area (Å²) in [4.78, 5) is 35.6. The number of thioether (sulfide) groups is 1. The van der Waals surface area contributed by atoms with Gasteiger partial charge in [-0.1, -0.05) is 23.9 Å². The van der Waals surface area contributed by atoms with Crippen LogP contribution in [-0.2, 0) is 4.79 Å². The molecule has 0 radical (unpaired) electrons. The van der Waals surface area contributed by atoms with Crippen LogP contribution in [0, 0.1) is 10.1 Å². The average molecular weight is 415 g/mol. The summed E-state index contributed by atoms with van der Waals surface area (Å²) in [5.74, 6) is -0.659. The summed E-state index contributed by atoms with van der Waals surface area (Å²) in [6.07, 6.45) is 1.55. The predicted molar refractivity (Wildman–Crippen MR) is 109 cm³/mol. The molecule has 1 aliphatic rings. The smallest absolute Gasteiger partial charge is 0.285 e. The number of para-hydroxylation sites is 1. The molecule has 0 aliphatic carbocycles. The first kappa shape index (κ1) is 19.5. The van der Waals surface area contributed by atoms with Crippen LogP contribution in [0.25, 0.3) is 6.08 Å². The van der Waals surface area contributed by atoms with Gasteiger partial charge in [-0.25, -0.2) is 0 Å². The second-order valence-electron chi connectivity index (χ2n) is 5.51. The van der Waals surface area contributed by atoms with Crippen LogP contribution in [0.2, 0.25) is 0 Å². The van der Waals surface area contributed by atoms with E-state index < -0.39 is 16.7 Å². The largest absolute Gasteiger partial charge is 0.496 e. The van der Waals surface area contributed by atoms with E-state index in [4.69, 9.17) is 17.0 Å². The Kier molecular flexibility index (Phi) is 5.71. The van der Waals surface area contributed by atoms with Gasteiger partial charge in [-0.05, 0) is 48.1 Å². The van der Waals surface area contributed by atoms with Gasteiger partial charge in [0.1, 0.15) is 5.75 Å². The van der Waals surface area contributed by atoms with Gasteiger partial charge >= 0.3 is 0 Å². The molecule has 1 saturated heterocycles. The lowest BCUT2D eigenvalue weighted by Crippen LogP contribution is -2.44. The molecule has 2 aromatic rings. The van der Waals surface area contributed by atoms with E-state index in [-0.39, 0.29) is 15.6 Å². The standard InChI is InChI=1S/C18H13N3O5S2/c1-26-14-5-3-2-4-13(14)16(22)19-20-17(23)15(28-18(20)27)10-11-6-8-12(9-7-11)21(24)25/h2-10H,1H3,(H,19,22). The number of carbonyl (C=O) groups is 2. The predicted octanol–water partition coefficient (Wildman–Crippen LogP) is 3.15. The van der Waals surface area contributed by atoms with Crippen molar-refractivity contribution in [3.63, 3.8) is 0 Å². The minimum atomic E-state index is -0.537. The Balaban J connectivity index is 1.78. The molecule has 1 N–H and O–H groups in total. The third-order valence-electron chi connectivity index (χ3n) is 3.76. The Hall–Kier alpha value is -3.24. The summed E-state index contributed by atoms with van der Waals surface area (Å²) < 4.78 is 5.32. The van der Waals surface area contributed by atoms with Crippen molar-refractivity contribution in [2.24, 2.45) is 0 Å². The maximum Gasteiger partial charge on any atom is 0.285 e. The van der Waals surface area contributed by atoms with Crippen LogP contribution in [0.5, 0.6) is 5.75 Å². The van der Waals surface area contributed by atoms with Gasteiger partial charge in [0, 0.05) is 12.1 Å². The molecule has 3 rings (SSSR count). The van der Waals surface area contributed by atoms with Crippen molar-refractivity contribution in [1.82, 2.24) is 10.4 Å². The summed E-state index contributed by atoms with van der Waals surface area (Å²) in [6, 6.07) is 12.3. The molecule has 0 atom stereocenters. The highest BCUT2D eigenvalue weighted by atomic mass is 32.2. The molecule has 0 unspecified atom stereocenters. The quantitative estimate of drug-likeness (QED) is 0.346. The van der Waals surface area contributed by atoms with Gasteiger partial charge in [0.15, 0.2) is 4.32 Å². The number of nitro benzene ring substituents is 1. The van der Waals surface area contributed by atoms with Gasteiger partial charge in [0.2, 0.25) is 0 Å². The van der Waals surface area contributed by atoms with Crippen LogP contribution in [0.1, 0.15) is 15.9 Å². The van der Waals surface area contributed by atoms with Gasteiger partial charge < -0.3 is 4.74 Å².